The zero-order valence-electron chi connectivity index (χ0n) is 6.18. The van der Waals surface area contributed by atoms with Gasteiger partial charge in [0.05, 0.1) is 25.3 Å². The lowest BCUT2D eigenvalue weighted by Crippen LogP contribution is -3.16. The van der Waals surface area contributed by atoms with Gasteiger partial charge in [-0.25, -0.2) is 0 Å². The molecule has 0 aromatic carbocycles. The summed E-state index contributed by atoms with van der Waals surface area (Å²) >= 11 is 0. The second kappa shape index (κ2) is 2.67. The lowest BCUT2D eigenvalue weighted by Gasteiger charge is -2.38. The van der Waals surface area contributed by atoms with E-state index in [1.165, 1.54) is 4.90 Å². The Bertz CT molecular complexity index is 84.9. The van der Waals surface area contributed by atoms with Gasteiger partial charge in [0.15, 0.2) is 0 Å². The molecule has 3 atom stereocenters. The molecule has 0 aliphatic carbocycles. The predicted molar refractivity (Wildman–Crippen MR) is 36.1 cm³/mol. The molecule has 2 nitrogen and oxygen atoms in total. The van der Waals surface area contributed by atoms with Gasteiger partial charge in [0.2, 0.25) is 0 Å². The normalized spacial score (nSPS) is 45.0. The van der Waals surface area contributed by atoms with Crippen LogP contribution in [0.15, 0.2) is 0 Å². The predicted octanol–water partition coefficient (Wildman–Crippen LogP) is -0.530. The van der Waals surface area contributed by atoms with Gasteiger partial charge in [-0.1, -0.05) is 0 Å². The Morgan fingerprint density at radius 3 is 2.11 bits per heavy atom. The van der Waals surface area contributed by atoms with Gasteiger partial charge in [0.25, 0.3) is 0 Å². The zero-order chi connectivity index (χ0) is 6.85. The highest BCUT2D eigenvalue weighted by Crippen LogP contribution is 1.90. The smallest absolute Gasteiger partial charge is 0.0963 e. The van der Waals surface area contributed by atoms with E-state index in [0.29, 0.717) is 12.1 Å². The van der Waals surface area contributed by atoms with Crippen LogP contribution in [0.1, 0.15) is 13.8 Å². The van der Waals surface area contributed by atoms with Gasteiger partial charge in [-0.05, 0) is 13.8 Å². The lowest BCUT2D eigenvalue weighted by atomic mass is 10.2. The molecule has 54 valence electrons. The summed E-state index contributed by atoms with van der Waals surface area (Å²) in [7, 11) is 4.00. The molecule has 1 saturated heterocycles. The van der Waals surface area contributed by atoms with Gasteiger partial charge in [0.1, 0.15) is 0 Å². The Balaban J connectivity index is 2.41. The molecule has 1 N–H and O–H groups in total. The Morgan fingerprint density at radius 2 is 1.78 bits per heavy atom. The van der Waals surface area contributed by atoms with E-state index in [-0.39, 0.29) is 0 Å². The van der Waals surface area contributed by atoms with Crippen LogP contribution in [0, 0.1) is 7.05 Å². The fourth-order valence-corrected chi connectivity index (χ4v) is 1.12. The highest BCUT2D eigenvalue weighted by molar-refractivity contribution is 4.56. The van der Waals surface area contributed by atoms with E-state index in [4.69, 9.17) is 4.74 Å². The monoisotopic (exact) mass is 129 g/mol. The highest BCUT2D eigenvalue weighted by atomic mass is 16.5. The average molecular weight is 129 g/mol. The molecule has 0 aromatic rings. The SMILES string of the molecule is [CH2-][NH+]1[C@H](C)COC[C@@H]1C. The Labute approximate surface area is 56.8 Å². The van der Waals surface area contributed by atoms with Crippen molar-refractivity contribution in [3.05, 3.63) is 7.05 Å². The first-order chi connectivity index (χ1) is 4.22. The van der Waals surface area contributed by atoms with Crippen molar-refractivity contribution >= 4 is 0 Å². The van der Waals surface area contributed by atoms with E-state index in [1.807, 2.05) is 0 Å². The summed E-state index contributed by atoms with van der Waals surface area (Å²) in [5, 5.41) is 0. The van der Waals surface area contributed by atoms with Crippen molar-refractivity contribution in [3.63, 3.8) is 0 Å². The molecule has 0 radical (unpaired) electrons. The summed E-state index contributed by atoms with van der Waals surface area (Å²) in [6.45, 7) is 6.06. The van der Waals surface area contributed by atoms with Gasteiger partial charge >= 0.3 is 0 Å². The van der Waals surface area contributed by atoms with Crippen molar-refractivity contribution in [2.45, 2.75) is 25.9 Å². The van der Waals surface area contributed by atoms with Crippen molar-refractivity contribution in [2.75, 3.05) is 13.2 Å². The first kappa shape index (κ1) is 7.03. The molecular formula is C7H15NO. The fraction of sp³-hybridized carbons (Fsp3) is 0.857. The van der Waals surface area contributed by atoms with Crippen LogP contribution in [0.5, 0.6) is 0 Å². The topological polar surface area (TPSA) is 13.7 Å². The molecule has 0 bridgehead atoms. The Kier molecular flexibility index (Phi) is 2.09. The van der Waals surface area contributed by atoms with Crippen LogP contribution in [0.25, 0.3) is 0 Å². The number of ether oxygens (including phenoxy) is 1. The Morgan fingerprint density at radius 1 is 1.33 bits per heavy atom. The van der Waals surface area contributed by atoms with Crippen molar-refractivity contribution < 1.29 is 9.64 Å². The molecule has 9 heavy (non-hydrogen) atoms. The summed E-state index contributed by atoms with van der Waals surface area (Å²) < 4.78 is 5.30. The molecule has 0 amide bonds. The lowest BCUT2D eigenvalue weighted by molar-refractivity contribution is -0.912. The highest BCUT2D eigenvalue weighted by Gasteiger charge is 2.20. The molecule has 2 heteroatoms. The summed E-state index contributed by atoms with van der Waals surface area (Å²) in [6.07, 6.45) is 0. The fourth-order valence-electron chi connectivity index (χ4n) is 1.12. The minimum Gasteiger partial charge on any atom is -0.460 e. The second-order valence-corrected chi connectivity index (χ2v) is 2.91. The number of quaternary nitrogens is 1. The molecule has 0 spiro atoms. The first-order valence-electron chi connectivity index (χ1n) is 3.48. The second-order valence-electron chi connectivity index (χ2n) is 2.91. The van der Waals surface area contributed by atoms with E-state index in [9.17, 15) is 0 Å². The van der Waals surface area contributed by atoms with E-state index >= 15 is 0 Å². The van der Waals surface area contributed by atoms with Gasteiger partial charge in [-0.2, -0.15) is 7.05 Å². The minimum atomic E-state index is 0.564. The third-order valence-corrected chi connectivity index (χ3v) is 2.00. The number of morpholine rings is 1. The van der Waals surface area contributed by atoms with Crippen LogP contribution in [0.3, 0.4) is 0 Å². The molecule has 1 fully saturated rings. The number of hydrogen-bond donors (Lipinski definition) is 1. The zero-order valence-corrected chi connectivity index (χ0v) is 6.18. The third-order valence-electron chi connectivity index (χ3n) is 2.00. The van der Waals surface area contributed by atoms with E-state index < -0.39 is 0 Å². The minimum absolute atomic E-state index is 0.564. The summed E-state index contributed by atoms with van der Waals surface area (Å²) in [5.74, 6) is 0. The largest absolute Gasteiger partial charge is 0.460 e. The number of nitrogens with one attached hydrogen (secondary N) is 1. The summed E-state index contributed by atoms with van der Waals surface area (Å²) in [6, 6.07) is 1.13. The van der Waals surface area contributed by atoms with Crippen molar-refractivity contribution in [1.82, 2.24) is 0 Å². The maximum Gasteiger partial charge on any atom is 0.0963 e. The summed E-state index contributed by atoms with van der Waals surface area (Å²) in [5.41, 5.74) is 0. The standard InChI is InChI=1S/C7H15NO/c1-6-4-9-5-7(2)8(6)3/h6-8H,3-5H2,1-2H3/t6-,7+. The van der Waals surface area contributed by atoms with Gasteiger partial charge in [-0.3, -0.25) is 0 Å². The van der Waals surface area contributed by atoms with E-state index in [2.05, 4.69) is 20.9 Å². The van der Waals surface area contributed by atoms with Crippen molar-refractivity contribution in [1.29, 1.82) is 0 Å². The van der Waals surface area contributed by atoms with Crippen LogP contribution in [0.4, 0.5) is 0 Å². The molecule has 1 unspecified atom stereocenters. The van der Waals surface area contributed by atoms with Crippen LogP contribution in [-0.4, -0.2) is 25.3 Å². The quantitative estimate of drug-likeness (QED) is 0.434. The van der Waals surface area contributed by atoms with E-state index in [1.54, 1.807) is 0 Å². The summed E-state index contributed by atoms with van der Waals surface area (Å²) in [4.78, 5) is 1.35. The number of rotatable bonds is 0. The molecule has 0 saturated carbocycles. The van der Waals surface area contributed by atoms with Gasteiger partial charge < -0.3 is 9.64 Å². The van der Waals surface area contributed by atoms with Gasteiger partial charge in [0, 0.05) is 0 Å². The number of hydrogen-bond acceptors (Lipinski definition) is 1. The van der Waals surface area contributed by atoms with Crippen LogP contribution < -0.4 is 4.90 Å². The van der Waals surface area contributed by atoms with Crippen molar-refractivity contribution in [3.8, 4) is 0 Å². The molecule has 0 aromatic heterocycles. The molecule has 1 rings (SSSR count). The first-order valence-corrected chi connectivity index (χ1v) is 3.48. The maximum atomic E-state index is 5.30. The molecule has 1 heterocycles. The average Bonchev–Trinajstić information content (AvgIpc) is 1.83. The molecule has 1 aliphatic rings. The van der Waals surface area contributed by atoms with Crippen LogP contribution >= 0.6 is 0 Å². The van der Waals surface area contributed by atoms with Crippen molar-refractivity contribution in [2.24, 2.45) is 0 Å². The van der Waals surface area contributed by atoms with E-state index in [0.717, 1.165) is 13.2 Å². The molecular weight excluding hydrogens is 114 g/mol. The Hall–Kier alpha value is -0.0800. The maximum absolute atomic E-state index is 5.30. The molecule has 1 aliphatic heterocycles. The van der Waals surface area contributed by atoms with Gasteiger partial charge in [-0.15, -0.1) is 0 Å². The van der Waals surface area contributed by atoms with Crippen LogP contribution in [-0.2, 0) is 4.74 Å². The van der Waals surface area contributed by atoms with Crippen LogP contribution in [0.2, 0.25) is 0 Å². The third kappa shape index (κ3) is 1.43.